The first-order valence-corrected chi connectivity index (χ1v) is 6.85. The third-order valence-corrected chi connectivity index (χ3v) is 2.91. The van der Waals surface area contributed by atoms with Gasteiger partial charge in [-0.3, -0.25) is 9.59 Å². The van der Waals surface area contributed by atoms with Crippen LogP contribution in [0.1, 0.15) is 38.1 Å². The van der Waals surface area contributed by atoms with E-state index in [-0.39, 0.29) is 11.8 Å². The van der Waals surface area contributed by atoms with E-state index in [2.05, 4.69) is 16.0 Å². The Morgan fingerprint density at radius 2 is 1.85 bits per heavy atom. The number of carbonyl (C=O) groups excluding carboxylic acids is 2. The van der Waals surface area contributed by atoms with Crippen molar-refractivity contribution >= 4 is 17.5 Å². The molecule has 5 nitrogen and oxygen atoms in total. The summed E-state index contributed by atoms with van der Waals surface area (Å²) in [6, 6.07) is 6.91. The number of benzene rings is 1. The molecule has 0 aliphatic rings. The lowest BCUT2D eigenvalue weighted by Crippen LogP contribution is -2.49. The maximum atomic E-state index is 12.2. The maximum absolute atomic E-state index is 12.2. The van der Waals surface area contributed by atoms with Crippen LogP contribution >= 0.6 is 0 Å². The van der Waals surface area contributed by atoms with Crippen LogP contribution in [0.4, 0.5) is 5.69 Å². The van der Waals surface area contributed by atoms with Crippen molar-refractivity contribution in [1.29, 1.82) is 0 Å². The molecule has 0 atom stereocenters. The lowest BCUT2D eigenvalue weighted by molar-refractivity contribution is -0.121. The van der Waals surface area contributed by atoms with Crippen LogP contribution in [0.3, 0.4) is 0 Å². The fourth-order valence-corrected chi connectivity index (χ4v) is 1.81. The van der Waals surface area contributed by atoms with Crippen molar-refractivity contribution in [3.8, 4) is 0 Å². The van der Waals surface area contributed by atoms with Crippen LogP contribution in [-0.2, 0) is 4.79 Å². The van der Waals surface area contributed by atoms with E-state index >= 15 is 0 Å². The second kappa shape index (κ2) is 7.05. The summed E-state index contributed by atoms with van der Waals surface area (Å²) in [5, 5.41) is 8.66. The van der Waals surface area contributed by atoms with Crippen LogP contribution in [0, 0.1) is 0 Å². The van der Waals surface area contributed by atoms with E-state index in [1.54, 1.807) is 24.3 Å². The number of anilines is 1. The van der Waals surface area contributed by atoms with E-state index in [0.717, 1.165) is 0 Å². The maximum Gasteiger partial charge on any atom is 0.251 e. The molecule has 110 valence electrons. The summed E-state index contributed by atoms with van der Waals surface area (Å²) in [7, 11) is 0. The molecular weight excluding hydrogens is 254 g/mol. The van der Waals surface area contributed by atoms with Gasteiger partial charge >= 0.3 is 0 Å². The van der Waals surface area contributed by atoms with Crippen molar-refractivity contribution in [2.24, 2.45) is 0 Å². The van der Waals surface area contributed by atoms with Crippen LogP contribution in [0.15, 0.2) is 24.3 Å². The number of hydrogen-bond acceptors (Lipinski definition) is 3. The smallest absolute Gasteiger partial charge is 0.251 e. The molecule has 0 aromatic heterocycles. The van der Waals surface area contributed by atoms with E-state index < -0.39 is 5.54 Å². The van der Waals surface area contributed by atoms with Gasteiger partial charge in [0, 0.05) is 17.8 Å². The molecular formula is C15H23N3O2. The van der Waals surface area contributed by atoms with Gasteiger partial charge in [-0.2, -0.15) is 0 Å². The Hall–Kier alpha value is -1.88. The lowest BCUT2D eigenvalue weighted by atomic mass is 10.0. The number of likely N-dealkylation sites (N-methyl/N-ethyl adjacent to an activating group) is 1. The van der Waals surface area contributed by atoms with Gasteiger partial charge in [0.2, 0.25) is 5.91 Å². The number of amides is 2. The quantitative estimate of drug-likeness (QED) is 0.742. The van der Waals surface area contributed by atoms with E-state index in [9.17, 15) is 9.59 Å². The topological polar surface area (TPSA) is 70.2 Å². The van der Waals surface area contributed by atoms with Gasteiger partial charge in [0.25, 0.3) is 5.91 Å². The van der Waals surface area contributed by atoms with E-state index in [1.807, 2.05) is 27.7 Å². The van der Waals surface area contributed by atoms with Crippen molar-refractivity contribution in [2.75, 3.05) is 18.4 Å². The normalized spacial score (nSPS) is 11.0. The Labute approximate surface area is 120 Å². The summed E-state index contributed by atoms with van der Waals surface area (Å²) in [6.45, 7) is 8.73. The molecule has 1 rings (SSSR count). The van der Waals surface area contributed by atoms with Gasteiger partial charge in [-0.25, -0.2) is 0 Å². The molecule has 0 saturated carbocycles. The third kappa shape index (κ3) is 4.35. The molecule has 0 unspecified atom stereocenters. The molecule has 5 heteroatoms. The fraction of sp³-hybridized carbons (Fsp3) is 0.467. The first-order valence-electron chi connectivity index (χ1n) is 6.85. The van der Waals surface area contributed by atoms with Crippen molar-refractivity contribution in [3.05, 3.63) is 29.8 Å². The van der Waals surface area contributed by atoms with Gasteiger partial charge < -0.3 is 16.0 Å². The summed E-state index contributed by atoms with van der Waals surface area (Å²) in [4.78, 5) is 23.9. The molecule has 0 radical (unpaired) electrons. The Kier molecular flexibility index (Phi) is 5.70. The molecule has 20 heavy (non-hydrogen) atoms. The highest BCUT2D eigenvalue weighted by molar-refractivity contribution is 5.99. The SMILES string of the molecule is CCNC(=O)c1cccc(NC(=O)C(C)(C)NCC)c1. The van der Waals surface area contributed by atoms with Crippen LogP contribution in [0.25, 0.3) is 0 Å². The highest BCUT2D eigenvalue weighted by atomic mass is 16.2. The number of nitrogens with one attached hydrogen (secondary N) is 3. The minimum absolute atomic E-state index is 0.132. The summed E-state index contributed by atoms with van der Waals surface area (Å²) in [5.74, 6) is -0.276. The molecule has 0 heterocycles. The minimum atomic E-state index is -0.656. The summed E-state index contributed by atoms with van der Waals surface area (Å²) < 4.78 is 0. The Morgan fingerprint density at radius 1 is 1.15 bits per heavy atom. The standard InChI is InChI=1S/C15H23N3O2/c1-5-16-13(19)11-8-7-9-12(10-11)18-14(20)15(3,4)17-6-2/h7-10,17H,5-6H2,1-4H3,(H,16,19)(H,18,20). The zero-order valence-electron chi connectivity index (χ0n) is 12.5. The first-order chi connectivity index (χ1) is 9.40. The summed E-state index contributed by atoms with van der Waals surface area (Å²) in [5.41, 5.74) is 0.492. The van der Waals surface area contributed by atoms with E-state index in [4.69, 9.17) is 0 Å². The van der Waals surface area contributed by atoms with Crippen LogP contribution in [0.2, 0.25) is 0 Å². The molecule has 0 aliphatic carbocycles. The number of rotatable bonds is 6. The summed E-state index contributed by atoms with van der Waals surface area (Å²) in [6.07, 6.45) is 0. The van der Waals surface area contributed by atoms with Gasteiger partial charge in [0.1, 0.15) is 0 Å². The van der Waals surface area contributed by atoms with Gasteiger partial charge in [-0.05, 0) is 45.5 Å². The third-order valence-electron chi connectivity index (χ3n) is 2.91. The zero-order valence-corrected chi connectivity index (χ0v) is 12.5. The highest BCUT2D eigenvalue weighted by Gasteiger charge is 2.26. The summed E-state index contributed by atoms with van der Waals surface area (Å²) >= 11 is 0. The predicted molar refractivity (Wildman–Crippen MR) is 80.8 cm³/mol. The van der Waals surface area contributed by atoms with Crippen LogP contribution in [-0.4, -0.2) is 30.4 Å². The van der Waals surface area contributed by atoms with Crippen molar-refractivity contribution in [3.63, 3.8) is 0 Å². The second-order valence-corrected chi connectivity index (χ2v) is 5.05. The Bertz CT molecular complexity index is 484. The van der Waals surface area contributed by atoms with Crippen molar-refractivity contribution < 1.29 is 9.59 Å². The highest BCUT2D eigenvalue weighted by Crippen LogP contribution is 2.13. The van der Waals surface area contributed by atoms with Gasteiger partial charge in [0.05, 0.1) is 5.54 Å². The van der Waals surface area contributed by atoms with Gasteiger partial charge in [-0.15, -0.1) is 0 Å². The average molecular weight is 277 g/mol. The van der Waals surface area contributed by atoms with E-state index in [1.165, 1.54) is 0 Å². The monoisotopic (exact) mass is 277 g/mol. The molecule has 0 fully saturated rings. The minimum Gasteiger partial charge on any atom is -0.352 e. The van der Waals surface area contributed by atoms with Gasteiger partial charge in [0.15, 0.2) is 0 Å². The molecule has 3 N–H and O–H groups in total. The molecule has 1 aromatic rings. The number of carbonyl (C=O) groups is 2. The zero-order chi connectivity index (χ0) is 15.2. The fourth-order valence-electron chi connectivity index (χ4n) is 1.81. The largest absolute Gasteiger partial charge is 0.352 e. The number of hydrogen-bond donors (Lipinski definition) is 3. The van der Waals surface area contributed by atoms with Crippen molar-refractivity contribution in [1.82, 2.24) is 10.6 Å². The van der Waals surface area contributed by atoms with Gasteiger partial charge in [-0.1, -0.05) is 13.0 Å². The van der Waals surface area contributed by atoms with Crippen LogP contribution < -0.4 is 16.0 Å². The van der Waals surface area contributed by atoms with E-state index in [0.29, 0.717) is 24.3 Å². The first kappa shape index (κ1) is 16.2. The Morgan fingerprint density at radius 3 is 2.45 bits per heavy atom. The van der Waals surface area contributed by atoms with Crippen LogP contribution in [0.5, 0.6) is 0 Å². The lowest BCUT2D eigenvalue weighted by Gasteiger charge is -2.24. The Balaban J connectivity index is 2.81. The predicted octanol–water partition coefficient (Wildman–Crippen LogP) is 1.76. The molecule has 0 saturated heterocycles. The molecule has 2 amide bonds. The molecule has 0 spiro atoms. The second-order valence-electron chi connectivity index (χ2n) is 5.05. The molecule has 0 bridgehead atoms. The molecule has 0 aliphatic heterocycles. The van der Waals surface area contributed by atoms with Crippen molar-refractivity contribution in [2.45, 2.75) is 33.2 Å². The molecule has 1 aromatic carbocycles. The average Bonchev–Trinajstić information content (AvgIpc) is 2.39.